The van der Waals surface area contributed by atoms with E-state index in [1.54, 1.807) is 16.6 Å². The van der Waals surface area contributed by atoms with Gasteiger partial charge in [0.25, 0.3) is 0 Å². The Balaban J connectivity index is 1.52. The van der Waals surface area contributed by atoms with Crippen LogP contribution in [0.5, 0.6) is 0 Å². The van der Waals surface area contributed by atoms with Crippen LogP contribution in [0.3, 0.4) is 0 Å². The molecule has 0 saturated carbocycles. The second kappa shape index (κ2) is 7.41. The molecule has 0 radical (unpaired) electrons. The number of hydrogen-bond acceptors (Lipinski definition) is 4. The monoisotopic (exact) mass is 347 g/mol. The van der Waals surface area contributed by atoms with Crippen molar-refractivity contribution in [2.75, 3.05) is 6.54 Å². The van der Waals surface area contributed by atoms with Crippen molar-refractivity contribution in [1.82, 2.24) is 25.4 Å². The lowest BCUT2D eigenvalue weighted by molar-refractivity contribution is 0.628. The summed E-state index contributed by atoms with van der Waals surface area (Å²) < 4.78 is 14.8. The Morgan fingerprint density at radius 1 is 0.962 bits per heavy atom. The minimum absolute atomic E-state index is 0.250. The third kappa shape index (κ3) is 3.60. The predicted octanol–water partition coefficient (Wildman–Crippen LogP) is 3.26. The highest BCUT2D eigenvalue weighted by Crippen LogP contribution is 2.22. The molecule has 0 aliphatic heterocycles. The normalized spacial score (nSPS) is 11.1. The van der Waals surface area contributed by atoms with Crippen LogP contribution in [0.25, 0.3) is 16.8 Å². The molecule has 0 amide bonds. The van der Waals surface area contributed by atoms with Gasteiger partial charge >= 0.3 is 0 Å². The van der Waals surface area contributed by atoms with E-state index in [0.717, 1.165) is 35.3 Å². The molecule has 0 aliphatic rings. The fraction of sp³-hybridized carbons (Fsp3) is 0.150. The van der Waals surface area contributed by atoms with E-state index < -0.39 is 0 Å². The summed E-state index contributed by atoms with van der Waals surface area (Å²) in [5, 5.41) is 15.3. The summed E-state index contributed by atoms with van der Waals surface area (Å²) >= 11 is 0. The largest absolute Gasteiger partial charge is 0.312 e. The van der Waals surface area contributed by atoms with Crippen LogP contribution >= 0.6 is 0 Å². The molecule has 6 heteroatoms. The second-order valence-electron chi connectivity index (χ2n) is 6.12. The average Bonchev–Trinajstić information content (AvgIpc) is 3.15. The maximum absolute atomic E-state index is 13.2. The number of hydrogen-bond donors (Lipinski definition) is 1. The maximum Gasteiger partial charge on any atom is 0.183 e. The lowest BCUT2D eigenvalue weighted by atomic mass is 10.1. The number of nitrogens with zero attached hydrogens (tertiary/aromatic N) is 4. The van der Waals surface area contributed by atoms with E-state index in [4.69, 9.17) is 0 Å². The van der Waals surface area contributed by atoms with Gasteiger partial charge in [0.15, 0.2) is 5.65 Å². The van der Waals surface area contributed by atoms with Crippen LogP contribution in [0.15, 0.2) is 66.9 Å². The molecule has 4 aromatic rings. The molecule has 1 N–H and O–H groups in total. The molecule has 0 aliphatic carbocycles. The Labute approximate surface area is 150 Å². The minimum atomic E-state index is -0.250. The van der Waals surface area contributed by atoms with Crippen molar-refractivity contribution in [3.63, 3.8) is 0 Å². The third-order valence-electron chi connectivity index (χ3n) is 4.30. The van der Waals surface area contributed by atoms with Crippen molar-refractivity contribution in [1.29, 1.82) is 0 Å². The predicted molar refractivity (Wildman–Crippen MR) is 98.0 cm³/mol. The number of tetrazole rings is 1. The highest BCUT2D eigenvalue weighted by atomic mass is 19.1. The van der Waals surface area contributed by atoms with Crippen molar-refractivity contribution in [2.24, 2.45) is 0 Å². The van der Waals surface area contributed by atoms with Gasteiger partial charge < -0.3 is 5.32 Å². The van der Waals surface area contributed by atoms with E-state index in [0.29, 0.717) is 6.54 Å². The second-order valence-corrected chi connectivity index (χ2v) is 6.12. The number of aromatic nitrogens is 4. The van der Waals surface area contributed by atoms with Gasteiger partial charge in [0.1, 0.15) is 5.82 Å². The first kappa shape index (κ1) is 16.4. The van der Waals surface area contributed by atoms with E-state index in [2.05, 4.69) is 39.0 Å². The fourth-order valence-electron chi connectivity index (χ4n) is 2.94. The number of pyridine rings is 1. The summed E-state index contributed by atoms with van der Waals surface area (Å²) in [6, 6.07) is 18.8. The van der Waals surface area contributed by atoms with Gasteiger partial charge in [0, 0.05) is 23.9 Å². The molecular formula is C20H18FN5. The fourth-order valence-corrected chi connectivity index (χ4v) is 2.94. The van der Waals surface area contributed by atoms with Crippen LogP contribution in [-0.4, -0.2) is 26.6 Å². The molecule has 0 bridgehead atoms. The lowest BCUT2D eigenvalue weighted by Gasteiger charge is -2.09. The van der Waals surface area contributed by atoms with E-state index in [9.17, 15) is 4.39 Å². The van der Waals surface area contributed by atoms with Crippen molar-refractivity contribution >= 4 is 5.65 Å². The van der Waals surface area contributed by atoms with Gasteiger partial charge in [0.2, 0.25) is 0 Å². The van der Waals surface area contributed by atoms with Crippen LogP contribution in [0, 0.1) is 5.82 Å². The summed E-state index contributed by atoms with van der Waals surface area (Å²) in [5.74, 6) is -0.250. The number of benzene rings is 2. The summed E-state index contributed by atoms with van der Waals surface area (Å²) in [6.07, 6.45) is 2.82. The van der Waals surface area contributed by atoms with Crippen LogP contribution < -0.4 is 5.32 Å². The maximum atomic E-state index is 13.2. The van der Waals surface area contributed by atoms with Crippen LogP contribution in [-0.2, 0) is 13.0 Å². The van der Waals surface area contributed by atoms with Crippen molar-refractivity contribution < 1.29 is 4.39 Å². The number of fused-ring (bicyclic) bond motifs is 1. The molecule has 0 saturated heterocycles. The van der Waals surface area contributed by atoms with Crippen molar-refractivity contribution in [2.45, 2.75) is 13.0 Å². The SMILES string of the molecule is Fc1ccc(-c2cc(CNCCc3ccccc3)c3nnnn3c2)cc1. The Bertz CT molecular complexity index is 996. The Morgan fingerprint density at radius 3 is 2.58 bits per heavy atom. The van der Waals surface area contributed by atoms with E-state index in [1.807, 2.05) is 24.4 Å². The summed E-state index contributed by atoms with van der Waals surface area (Å²) in [5.41, 5.74) is 4.90. The first-order valence-corrected chi connectivity index (χ1v) is 8.51. The quantitative estimate of drug-likeness (QED) is 0.544. The molecule has 0 fully saturated rings. The Hall–Kier alpha value is -3.12. The highest BCUT2D eigenvalue weighted by molar-refractivity contribution is 5.66. The zero-order chi connectivity index (χ0) is 17.8. The van der Waals surface area contributed by atoms with E-state index >= 15 is 0 Å². The number of nitrogens with one attached hydrogen (secondary N) is 1. The van der Waals surface area contributed by atoms with Crippen molar-refractivity contribution in [3.05, 3.63) is 83.8 Å². The average molecular weight is 347 g/mol. The first-order valence-electron chi connectivity index (χ1n) is 8.51. The standard InChI is InChI=1S/C20H18FN5/c21-19-8-6-16(7-9-19)18-12-17(20-23-24-25-26(20)14-18)13-22-11-10-15-4-2-1-3-5-15/h1-9,12,14,22H,10-11,13H2. The molecule has 2 heterocycles. The van der Waals surface area contributed by atoms with Gasteiger partial charge in [-0.05, 0) is 52.7 Å². The highest BCUT2D eigenvalue weighted by Gasteiger charge is 2.09. The smallest absolute Gasteiger partial charge is 0.183 e. The van der Waals surface area contributed by atoms with Gasteiger partial charge in [-0.3, -0.25) is 0 Å². The van der Waals surface area contributed by atoms with Gasteiger partial charge in [-0.15, -0.1) is 5.10 Å². The third-order valence-corrected chi connectivity index (χ3v) is 4.30. The number of rotatable bonds is 6. The van der Waals surface area contributed by atoms with E-state index in [-0.39, 0.29) is 5.82 Å². The summed E-state index contributed by atoms with van der Waals surface area (Å²) in [4.78, 5) is 0. The summed E-state index contributed by atoms with van der Waals surface area (Å²) in [7, 11) is 0. The van der Waals surface area contributed by atoms with Gasteiger partial charge in [-0.2, -0.15) is 4.52 Å². The molecule has 2 aromatic carbocycles. The molecule has 0 spiro atoms. The van der Waals surface area contributed by atoms with Gasteiger partial charge in [-0.1, -0.05) is 42.5 Å². The minimum Gasteiger partial charge on any atom is -0.312 e. The van der Waals surface area contributed by atoms with Crippen LogP contribution in [0.1, 0.15) is 11.1 Å². The molecule has 0 atom stereocenters. The zero-order valence-corrected chi connectivity index (χ0v) is 14.1. The molecule has 2 aromatic heterocycles. The molecular weight excluding hydrogens is 329 g/mol. The van der Waals surface area contributed by atoms with Crippen LogP contribution in [0.4, 0.5) is 4.39 Å². The number of halogens is 1. The molecule has 4 rings (SSSR count). The van der Waals surface area contributed by atoms with Crippen LogP contribution in [0.2, 0.25) is 0 Å². The van der Waals surface area contributed by atoms with Gasteiger partial charge in [0.05, 0.1) is 0 Å². The molecule has 26 heavy (non-hydrogen) atoms. The molecule has 5 nitrogen and oxygen atoms in total. The molecule has 130 valence electrons. The zero-order valence-electron chi connectivity index (χ0n) is 14.1. The molecule has 0 unspecified atom stereocenters. The Morgan fingerprint density at radius 2 is 1.77 bits per heavy atom. The van der Waals surface area contributed by atoms with Crippen molar-refractivity contribution in [3.8, 4) is 11.1 Å². The van der Waals surface area contributed by atoms with E-state index in [1.165, 1.54) is 17.7 Å². The van der Waals surface area contributed by atoms with Gasteiger partial charge in [-0.25, -0.2) is 4.39 Å². The topological polar surface area (TPSA) is 55.1 Å². The lowest BCUT2D eigenvalue weighted by Crippen LogP contribution is -2.17. The first-order chi connectivity index (χ1) is 12.8. The summed E-state index contributed by atoms with van der Waals surface area (Å²) in [6.45, 7) is 1.52. The Kier molecular flexibility index (Phi) is 4.66.